The Morgan fingerprint density at radius 3 is 2.22 bits per heavy atom. The Hall–Kier alpha value is -0.315. The van der Waals surface area contributed by atoms with E-state index >= 15 is 0 Å². The monoisotopic (exact) mass is 254 g/mol. The van der Waals surface area contributed by atoms with Crippen molar-refractivity contribution >= 4 is 7.12 Å². The number of hydrogen-bond acceptors (Lipinski definition) is 3. The molecule has 0 heterocycles. The fourth-order valence-electron chi connectivity index (χ4n) is 1.82. The minimum Gasteiger partial charge on any atom is -0.423 e. The van der Waals surface area contributed by atoms with Gasteiger partial charge in [0, 0.05) is 0 Å². The largest absolute Gasteiger partial charge is 0.487 e. The minimum absolute atomic E-state index is 0.314. The quantitative estimate of drug-likeness (QED) is 0.758. The van der Waals surface area contributed by atoms with Crippen molar-refractivity contribution in [3.05, 3.63) is 11.5 Å². The average molecular weight is 254 g/mol. The predicted molar refractivity (Wildman–Crippen MR) is 75.1 cm³/mol. The first-order valence-corrected chi connectivity index (χ1v) is 6.72. The first-order valence-electron chi connectivity index (χ1n) is 6.72. The van der Waals surface area contributed by atoms with Crippen molar-refractivity contribution in [2.75, 3.05) is 0 Å². The van der Waals surface area contributed by atoms with E-state index in [0.29, 0.717) is 5.41 Å². The van der Waals surface area contributed by atoms with Crippen LogP contribution in [0.2, 0.25) is 0 Å². The molecule has 1 aliphatic carbocycles. The van der Waals surface area contributed by atoms with Crippen LogP contribution in [0.5, 0.6) is 0 Å². The lowest BCUT2D eigenvalue weighted by Crippen LogP contribution is -2.51. The second-order valence-corrected chi connectivity index (χ2v) is 7.19. The first-order chi connectivity index (χ1) is 7.95. The summed E-state index contributed by atoms with van der Waals surface area (Å²) in [5, 5.41) is 20.2. The van der Waals surface area contributed by atoms with Gasteiger partial charge in [0.05, 0.1) is 11.2 Å². The highest BCUT2D eigenvalue weighted by Gasteiger charge is 2.40. The molecule has 0 amide bonds. The van der Waals surface area contributed by atoms with E-state index in [0.717, 1.165) is 24.7 Å². The summed E-state index contributed by atoms with van der Waals surface area (Å²) in [5.74, 6) is 0. The van der Waals surface area contributed by atoms with Gasteiger partial charge >= 0.3 is 7.12 Å². The van der Waals surface area contributed by atoms with E-state index in [1.807, 2.05) is 0 Å². The first kappa shape index (κ1) is 15.7. The normalized spacial score (nSPS) is 20.6. The maximum absolute atomic E-state index is 10.1. The van der Waals surface area contributed by atoms with Gasteiger partial charge in [0.1, 0.15) is 0 Å². The van der Waals surface area contributed by atoms with E-state index in [2.05, 4.69) is 19.9 Å². The Kier molecular flexibility index (Phi) is 4.36. The van der Waals surface area contributed by atoms with Gasteiger partial charge in [-0.1, -0.05) is 19.9 Å². The Balaban J connectivity index is 2.68. The number of rotatable bonds is 4. The second-order valence-electron chi connectivity index (χ2n) is 7.19. The maximum Gasteiger partial charge on any atom is 0.487 e. The number of allylic oxidation sites excluding steroid dienone is 2. The zero-order valence-corrected chi connectivity index (χ0v) is 12.6. The van der Waals surface area contributed by atoms with Gasteiger partial charge in [-0.15, -0.1) is 0 Å². The van der Waals surface area contributed by atoms with E-state index < -0.39 is 18.3 Å². The SMILES string of the molecule is CC1(C)CC=C(B(O)OC(C)(C)C(C)(C)O)CC1. The molecule has 0 fully saturated rings. The van der Waals surface area contributed by atoms with Crippen LogP contribution in [-0.2, 0) is 4.65 Å². The Morgan fingerprint density at radius 1 is 1.28 bits per heavy atom. The Morgan fingerprint density at radius 2 is 1.83 bits per heavy atom. The zero-order chi connectivity index (χ0) is 14.2. The molecule has 2 N–H and O–H groups in total. The summed E-state index contributed by atoms with van der Waals surface area (Å²) in [4.78, 5) is 0. The summed E-state index contributed by atoms with van der Waals surface area (Å²) in [6.45, 7) is 11.4. The molecule has 0 aromatic heterocycles. The summed E-state index contributed by atoms with van der Waals surface area (Å²) < 4.78 is 5.65. The third-order valence-corrected chi connectivity index (χ3v) is 4.20. The minimum atomic E-state index is -0.998. The van der Waals surface area contributed by atoms with Crippen LogP contribution in [0.15, 0.2) is 11.5 Å². The molecule has 0 aromatic carbocycles. The van der Waals surface area contributed by atoms with Crippen molar-refractivity contribution in [1.29, 1.82) is 0 Å². The lowest BCUT2D eigenvalue weighted by Gasteiger charge is -2.39. The summed E-state index contributed by atoms with van der Waals surface area (Å²) in [7, 11) is -0.914. The van der Waals surface area contributed by atoms with E-state index in [1.54, 1.807) is 27.7 Å². The molecular weight excluding hydrogens is 227 g/mol. The molecule has 0 unspecified atom stereocenters. The van der Waals surface area contributed by atoms with Gasteiger partial charge in [0.15, 0.2) is 0 Å². The lowest BCUT2D eigenvalue weighted by atomic mass is 9.66. The van der Waals surface area contributed by atoms with Crippen LogP contribution < -0.4 is 0 Å². The van der Waals surface area contributed by atoms with E-state index in [4.69, 9.17) is 4.65 Å². The van der Waals surface area contributed by atoms with Gasteiger partial charge < -0.3 is 14.8 Å². The predicted octanol–water partition coefficient (Wildman–Crippen LogP) is 2.71. The molecule has 0 radical (unpaired) electrons. The van der Waals surface area contributed by atoms with Crippen molar-refractivity contribution in [1.82, 2.24) is 0 Å². The molecule has 4 heteroatoms. The van der Waals surface area contributed by atoms with Crippen molar-refractivity contribution in [3.8, 4) is 0 Å². The molecule has 104 valence electrons. The van der Waals surface area contributed by atoms with Crippen molar-refractivity contribution < 1.29 is 14.8 Å². The van der Waals surface area contributed by atoms with Gasteiger partial charge in [-0.3, -0.25) is 0 Å². The molecule has 1 aliphatic rings. The highest BCUT2D eigenvalue weighted by Crippen LogP contribution is 2.36. The fourth-order valence-corrected chi connectivity index (χ4v) is 1.82. The van der Waals surface area contributed by atoms with Crippen LogP contribution in [0, 0.1) is 5.41 Å². The molecule has 0 saturated heterocycles. The number of hydrogen-bond donors (Lipinski definition) is 2. The van der Waals surface area contributed by atoms with Crippen molar-refractivity contribution in [3.63, 3.8) is 0 Å². The van der Waals surface area contributed by atoms with Crippen molar-refractivity contribution in [2.45, 2.75) is 72.0 Å². The Labute approximate surface area is 111 Å². The van der Waals surface area contributed by atoms with Gasteiger partial charge in [-0.2, -0.15) is 0 Å². The van der Waals surface area contributed by atoms with E-state index in [1.165, 1.54) is 0 Å². The van der Waals surface area contributed by atoms with Gasteiger partial charge in [0.25, 0.3) is 0 Å². The third kappa shape index (κ3) is 3.84. The maximum atomic E-state index is 10.1. The Bertz CT molecular complexity index is 326. The molecule has 18 heavy (non-hydrogen) atoms. The van der Waals surface area contributed by atoms with Crippen molar-refractivity contribution in [2.24, 2.45) is 5.41 Å². The summed E-state index contributed by atoms with van der Waals surface area (Å²) in [6, 6.07) is 0. The molecule has 0 bridgehead atoms. The fraction of sp³-hybridized carbons (Fsp3) is 0.857. The van der Waals surface area contributed by atoms with Gasteiger partial charge in [0.2, 0.25) is 0 Å². The molecule has 0 aliphatic heterocycles. The highest BCUT2D eigenvalue weighted by molar-refractivity contribution is 6.52. The molecule has 0 saturated carbocycles. The van der Waals surface area contributed by atoms with Crippen LogP contribution >= 0.6 is 0 Å². The third-order valence-electron chi connectivity index (χ3n) is 4.20. The average Bonchev–Trinajstić information content (AvgIpc) is 2.14. The van der Waals surface area contributed by atoms with Crippen LogP contribution in [-0.4, -0.2) is 28.5 Å². The summed E-state index contributed by atoms with van der Waals surface area (Å²) >= 11 is 0. The zero-order valence-electron chi connectivity index (χ0n) is 12.6. The molecule has 0 spiro atoms. The summed E-state index contributed by atoms with van der Waals surface area (Å²) in [6.07, 6.45) is 4.96. The van der Waals surface area contributed by atoms with E-state index in [-0.39, 0.29) is 0 Å². The molecule has 3 nitrogen and oxygen atoms in total. The van der Waals surface area contributed by atoms with Crippen LogP contribution in [0.25, 0.3) is 0 Å². The van der Waals surface area contributed by atoms with Crippen LogP contribution in [0.1, 0.15) is 60.8 Å². The number of aliphatic hydroxyl groups is 1. The molecule has 1 rings (SSSR count). The van der Waals surface area contributed by atoms with Gasteiger partial charge in [-0.05, 0) is 57.8 Å². The lowest BCUT2D eigenvalue weighted by molar-refractivity contribution is -0.0990. The topological polar surface area (TPSA) is 49.7 Å². The molecule has 0 atom stereocenters. The van der Waals surface area contributed by atoms with E-state index in [9.17, 15) is 10.1 Å². The van der Waals surface area contributed by atoms with Crippen LogP contribution in [0.4, 0.5) is 0 Å². The van der Waals surface area contributed by atoms with Crippen LogP contribution in [0.3, 0.4) is 0 Å². The summed E-state index contributed by atoms with van der Waals surface area (Å²) in [5.41, 5.74) is -0.538. The molecular formula is C14H27BO3. The highest BCUT2D eigenvalue weighted by atomic mass is 16.5. The second kappa shape index (κ2) is 4.99. The standard InChI is InChI=1S/C14H27BO3/c1-12(2)9-7-11(8-10-12)15(17)18-14(5,6)13(3,4)16/h7,16-17H,8-10H2,1-6H3. The van der Waals surface area contributed by atoms with Gasteiger partial charge in [-0.25, -0.2) is 0 Å². The molecule has 0 aromatic rings. The smallest absolute Gasteiger partial charge is 0.423 e.